The van der Waals surface area contributed by atoms with Gasteiger partial charge in [-0.2, -0.15) is 0 Å². The highest BCUT2D eigenvalue weighted by Gasteiger charge is 2.24. The minimum absolute atomic E-state index is 0.0590. The molecule has 5 rings (SSSR count). The van der Waals surface area contributed by atoms with E-state index in [1.165, 1.54) is 0 Å². The maximum absolute atomic E-state index is 12.3. The summed E-state index contributed by atoms with van der Waals surface area (Å²) in [5.41, 5.74) is 11.0. The number of fused-ring (bicyclic) bond motifs is 3. The number of aliphatic hydroxyl groups is 2. The number of nitrogen functional groups attached to an aromatic ring is 1. The second kappa shape index (κ2) is 8.10. The van der Waals surface area contributed by atoms with Crippen LogP contribution in [0.25, 0.3) is 27.9 Å². The minimum atomic E-state index is -0.919. The lowest BCUT2D eigenvalue weighted by atomic mass is 10.1. The number of benzene rings is 2. The van der Waals surface area contributed by atoms with Crippen LogP contribution in [0.15, 0.2) is 48.7 Å². The Morgan fingerprint density at radius 2 is 2.00 bits per heavy atom. The number of nitrogens with two attached hydrogens (primary N) is 1. The van der Waals surface area contributed by atoms with Crippen LogP contribution in [-0.2, 0) is 0 Å². The van der Waals surface area contributed by atoms with E-state index in [9.17, 15) is 9.90 Å². The highest BCUT2D eigenvalue weighted by molar-refractivity contribution is 5.95. The smallest absolute Gasteiger partial charge is 0.251 e. The van der Waals surface area contributed by atoms with Crippen molar-refractivity contribution in [3.8, 4) is 11.3 Å². The second-order valence-corrected chi connectivity index (χ2v) is 8.05. The maximum atomic E-state index is 12.3. The fourth-order valence-corrected chi connectivity index (χ4v) is 3.64. The van der Waals surface area contributed by atoms with Gasteiger partial charge in [0.2, 0.25) is 0 Å². The summed E-state index contributed by atoms with van der Waals surface area (Å²) >= 11 is 0. The molecule has 6 N–H and O–H groups in total. The number of imidazole rings is 1. The SMILES string of the molecule is Nc1ccc2c(c1)nc(NCC(O)CO)c1ncc(-c3ccc(C(=O)NC4CC4)cc3)n12. The second-order valence-electron chi connectivity index (χ2n) is 8.05. The van der Waals surface area contributed by atoms with Crippen LogP contribution >= 0.6 is 0 Å². The molecule has 1 aliphatic carbocycles. The van der Waals surface area contributed by atoms with E-state index in [-0.39, 0.29) is 19.1 Å². The van der Waals surface area contributed by atoms with Crippen LogP contribution in [0.3, 0.4) is 0 Å². The van der Waals surface area contributed by atoms with Crippen LogP contribution in [0.1, 0.15) is 23.2 Å². The van der Waals surface area contributed by atoms with Gasteiger partial charge in [-0.1, -0.05) is 12.1 Å². The summed E-state index contributed by atoms with van der Waals surface area (Å²) in [4.78, 5) is 21.5. The molecule has 0 saturated heterocycles. The number of carbonyl (C=O) groups excluding carboxylic acids is 1. The Kier molecular flexibility index (Phi) is 5.12. The lowest BCUT2D eigenvalue weighted by Gasteiger charge is -2.13. The summed E-state index contributed by atoms with van der Waals surface area (Å²) in [5.74, 6) is 0.415. The molecule has 0 radical (unpaired) electrons. The standard InChI is InChI=1S/C23H24N6O3/c24-15-5-8-19-18(9-15)28-21(25-10-17(31)12-30)22-26-11-20(29(19)22)13-1-3-14(4-2-13)23(32)27-16-6-7-16/h1-5,8-9,11,16-17,30-31H,6-7,10,12,24H2,(H,25,28)(H,27,32). The van der Waals surface area contributed by atoms with Crippen LogP contribution in [0, 0.1) is 0 Å². The molecule has 9 heteroatoms. The van der Waals surface area contributed by atoms with Crippen molar-refractivity contribution < 1.29 is 15.0 Å². The Balaban J connectivity index is 1.58. The first-order chi connectivity index (χ1) is 15.5. The van der Waals surface area contributed by atoms with E-state index < -0.39 is 6.10 Å². The number of amides is 1. The van der Waals surface area contributed by atoms with Crippen molar-refractivity contribution in [2.75, 3.05) is 24.2 Å². The Labute approximate surface area is 183 Å². The summed E-state index contributed by atoms with van der Waals surface area (Å²) in [6.07, 6.45) is 2.92. The van der Waals surface area contributed by atoms with Gasteiger partial charge in [0.1, 0.15) is 0 Å². The molecule has 2 heterocycles. The molecule has 1 fully saturated rings. The summed E-state index contributed by atoms with van der Waals surface area (Å²) in [5, 5.41) is 24.9. The number of aromatic nitrogens is 3. The van der Waals surface area contributed by atoms with E-state index in [1.54, 1.807) is 18.3 Å². The maximum Gasteiger partial charge on any atom is 0.251 e. The van der Waals surface area contributed by atoms with E-state index in [2.05, 4.69) is 20.6 Å². The van der Waals surface area contributed by atoms with Gasteiger partial charge < -0.3 is 26.6 Å². The zero-order valence-electron chi connectivity index (χ0n) is 17.3. The number of nitrogens with one attached hydrogen (secondary N) is 2. The highest BCUT2D eigenvalue weighted by Crippen LogP contribution is 2.29. The predicted molar refractivity (Wildman–Crippen MR) is 122 cm³/mol. The third-order valence-corrected chi connectivity index (χ3v) is 5.52. The van der Waals surface area contributed by atoms with Gasteiger partial charge in [-0.15, -0.1) is 0 Å². The molecule has 2 aromatic heterocycles. The lowest BCUT2D eigenvalue weighted by Crippen LogP contribution is -2.25. The lowest BCUT2D eigenvalue weighted by molar-refractivity contribution is 0.0951. The molecule has 32 heavy (non-hydrogen) atoms. The van der Waals surface area contributed by atoms with Crippen LogP contribution in [0.5, 0.6) is 0 Å². The van der Waals surface area contributed by atoms with Crippen LogP contribution < -0.4 is 16.4 Å². The Morgan fingerprint density at radius 1 is 1.22 bits per heavy atom. The number of hydrogen-bond donors (Lipinski definition) is 5. The number of aliphatic hydroxyl groups excluding tert-OH is 2. The number of carbonyl (C=O) groups is 1. The van der Waals surface area contributed by atoms with Crippen LogP contribution in [0.2, 0.25) is 0 Å². The average molecular weight is 432 g/mol. The molecule has 0 spiro atoms. The van der Waals surface area contributed by atoms with Gasteiger partial charge in [-0.05, 0) is 43.2 Å². The van der Waals surface area contributed by atoms with Crippen molar-refractivity contribution in [2.45, 2.75) is 25.0 Å². The first kappa shape index (κ1) is 20.2. The number of nitrogens with zero attached hydrogens (tertiary/aromatic N) is 3. The van der Waals surface area contributed by atoms with E-state index in [4.69, 9.17) is 10.8 Å². The van der Waals surface area contributed by atoms with Crippen molar-refractivity contribution in [3.63, 3.8) is 0 Å². The molecule has 1 amide bonds. The molecule has 1 aliphatic rings. The van der Waals surface area contributed by atoms with Crippen molar-refractivity contribution in [3.05, 3.63) is 54.2 Å². The zero-order valence-corrected chi connectivity index (χ0v) is 17.3. The van der Waals surface area contributed by atoms with Gasteiger partial charge in [0, 0.05) is 29.4 Å². The van der Waals surface area contributed by atoms with Gasteiger partial charge >= 0.3 is 0 Å². The van der Waals surface area contributed by atoms with Crippen molar-refractivity contribution in [1.29, 1.82) is 0 Å². The zero-order chi connectivity index (χ0) is 22.2. The van der Waals surface area contributed by atoms with E-state index in [0.29, 0.717) is 34.3 Å². The van der Waals surface area contributed by atoms with Crippen molar-refractivity contribution in [1.82, 2.24) is 19.7 Å². The fourth-order valence-electron chi connectivity index (χ4n) is 3.64. The first-order valence-electron chi connectivity index (χ1n) is 10.5. The molecular weight excluding hydrogens is 408 g/mol. The number of rotatable bonds is 7. The first-order valence-corrected chi connectivity index (χ1v) is 10.5. The van der Waals surface area contributed by atoms with Crippen molar-refractivity contribution in [2.24, 2.45) is 0 Å². The summed E-state index contributed by atoms with van der Waals surface area (Å²) in [6.45, 7) is -0.232. The Morgan fingerprint density at radius 3 is 2.72 bits per heavy atom. The van der Waals surface area contributed by atoms with Gasteiger partial charge in [0.15, 0.2) is 11.5 Å². The van der Waals surface area contributed by atoms with Gasteiger partial charge in [0.05, 0.1) is 35.6 Å². The molecule has 0 aliphatic heterocycles. The Hall–Kier alpha value is -3.69. The topological polar surface area (TPSA) is 138 Å². The van der Waals surface area contributed by atoms with Gasteiger partial charge in [0.25, 0.3) is 5.91 Å². The summed E-state index contributed by atoms with van der Waals surface area (Å²) in [7, 11) is 0. The third kappa shape index (κ3) is 3.83. The minimum Gasteiger partial charge on any atom is -0.399 e. The molecule has 9 nitrogen and oxygen atoms in total. The predicted octanol–water partition coefficient (Wildman–Crippen LogP) is 1.79. The molecule has 1 atom stereocenters. The Bertz CT molecular complexity index is 1300. The molecule has 2 aromatic carbocycles. The van der Waals surface area contributed by atoms with Crippen LogP contribution in [-0.4, -0.2) is 55.8 Å². The molecule has 4 aromatic rings. The largest absolute Gasteiger partial charge is 0.399 e. The molecule has 1 saturated carbocycles. The van der Waals surface area contributed by atoms with E-state index in [0.717, 1.165) is 29.6 Å². The number of anilines is 2. The van der Waals surface area contributed by atoms with Gasteiger partial charge in [-0.25, -0.2) is 9.97 Å². The third-order valence-electron chi connectivity index (χ3n) is 5.52. The summed E-state index contributed by atoms with van der Waals surface area (Å²) in [6, 6.07) is 13.2. The fraction of sp³-hybridized carbons (Fsp3) is 0.261. The normalized spacial score (nSPS) is 14.6. The average Bonchev–Trinajstić information content (AvgIpc) is 3.51. The molecule has 1 unspecified atom stereocenters. The van der Waals surface area contributed by atoms with Gasteiger partial charge in [-0.3, -0.25) is 9.20 Å². The van der Waals surface area contributed by atoms with Crippen LogP contribution in [0.4, 0.5) is 11.5 Å². The van der Waals surface area contributed by atoms with E-state index >= 15 is 0 Å². The summed E-state index contributed by atoms with van der Waals surface area (Å²) < 4.78 is 1.97. The molecular formula is C23H24N6O3. The van der Waals surface area contributed by atoms with Crippen molar-refractivity contribution >= 4 is 34.1 Å². The monoisotopic (exact) mass is 432 g/mol. The number of hydrogen-bond acceptors (Lipinski definition) is 7. The molecule has 164 valence electrons. The highest BCUT2D eigenvalue weighted by atomic mass is 16.3. The quantitative estimate of drug-likeness (QED) is 0.281. The van der Waals surface area contributed by atoms with E-state index in [1.807, 2.05) is 34.7 Å². The molecule has 0 bridgehead atoms.